The van der Waals surface area contributed by atoms with Crippen LogP contribution in [-0.4, -0.2) is 38.6 Å². The van der Waals surface area contributed by atoms with Crippen molar-refractivity contribution in [3.63, 3.8) is 0 Å². The average Bonchev–Trinajstić information content (AvgIpc) is 3.16. The lowest BCUT2D eigenvalue weighted by Crippen LogP contribution is -3.16. The van der Waals surface area contributed by atoms with Crippen LogP contribution in [0.1, 0.15) is 23.4 Å². The number of nitrogens with one attached hydrogen (secondary N) is 3. The van der Waals surface area contributed by atoms with E-state index in [4.69, 9.17) is 0 Å². The van der Waals surface area contributed by atoms with Crippen LogP contribution in [0.15, 0.2) is 35.8 Å². The Balaban J connectivity index is 1.46. The zero-order valence-electron chi connectivity index (χ0n) is 15.0. The normalized spacial score (nSPS) is 17.0. The molecule has 1 aliphatic heterocycles. The molecule has 0 unspecified atom stereocenters. The maximum atomic E-state index is 12.6. The smallest absolute Gasteiger partial charge is 0.344 e. The number of anilines is 1. The lowest BCUT2D eigenvalue weighted by Gasteiger charge is -2.28. The number of hydrogen-bond acceptors (Lipinski definition) is 3. The van der Waals surface area contributed by atoms with Crippen LogP contribution >= 0.6 is 11.3 Å². The van der Waals surface area contributed by atoms with Crippen LogP contribution in [0.25, 0.3) is 0 Å². The number of halogens is 3. The van der Waals surface area contributed by atoms with Crippen molar-refractivity contribution >= 4 is 23.1 Å². The van der Waals surface area contributed by atoms with Crippen LogP contribution in [0.3, 0.4) is 0 Å². The summed E-state index contributed by atoms with van der Waals surface area (Å²) in [6.07, 6.45) is -3.35. The van der Waals surface area contributed by atoms with Crippen molar-refractivity contribution in [2.75, 3.05) is 37.6 Å². The fourth-order valence-electron chi connectivity index (χ4n) is 3.16. The van der Waals surface area contributed by atoms with Crippen molar-refractivity contribution in [3.05, 3.63) is 46.3 Å². The number of piperazine rings is 1. The highest BCUT2D eigenvalue weighted by molar-refractivity contribution is 7.10. The molecule has 0 aliphatic carbocycles. The summed E-state index contributed by atoms with van der Waals surface area (Å²) < 4.78 is 37.9. The second-order valence-corrected chi connectivity index (χ2v) is 7.66. The summed E-state index contributed by atoms with van der Waals surface area (Å²) in [6, 6.07) is 6.51. The standard InChI is InChI=1S/C18H21F3N4OS/c1-13(15-3-2-10-27-15)23-17(26)12-24-6-8-25(9-7-24)16-5-4-14(11-22-16)18(19,20)21/h2-5,10-11,13H,6-9,12H2,1H3,(H,23,26)/p+2/t13-/m0/s1. The Bertz CT molecular complexity index is 741. The Kier molecular flexibility index (Phi) is 6.01. The summed E-state index contributed by atoms with van der Waals surface area (Å²) in [5, 5.41) is 5.00. The summed E-state index contributed by atoms with van der Waals surface area (Å²) in [4.78, 5) is 19.3. The molecule has 0 saturated carbocycles. The van der Waals surface area contributed by atoms with Crippen molar-refractivity contribution in [2.24, 2.45) is 0 Å². The minimum absolute atomic E-state index is 0.0000590. The number of hydrogen-bond donors (Lipinski definition) is 2. The molecule has 5 nitrogen and oxygen atoms in total. The number of rotatable bonds is 5. The predicted octanol–water partition coefficient (Wildman–Crippen LogP) is 1.16. The molecule has 1 fully saturated rings. The molecule has 27 heavy (non-hydrogen) atoms. The number of nitrogens with zero attached hydrogens (tertiary/aromatic N) is 1. The van der Waals surface area contributed by atoms with Gasteiger partial charge in [-0.25, -0.2) is 4.98 Å². The molecule has 146 valence electrons. The van der Waals surface area contributed by atoms with Gasteiger partial charge in [0, 0.05) is 10.9 Å². The number of carbonyl (C=O) groups is 1. The lowest BCUT2D eigenvalue weighted by atomic mass is 10.2. The molecule has 1 amide bonds. The number of aromatic amines is 1. The highest BCUT2D eigenvalue weighted by Gasteiger charge is 2.33. The molecule has 0 bridgehead atoms. The molecular formula is C18H23F3N4OS+2. The van der Waals surface area contributed by atoms with Crippen LogP contribution < -0.4 is 20.1 Å². The first-order valence-corrected chi connectivity index (χ1v) is 9.71. The molecule has 2 aromatic rings. The quantitative estimate of drug-likeness (QED) is 0.792. The third-order valence-corrected chi connectivity index (χ3v) is 5.75. The topological polar surface area (TPSA) is 50.9 Å². The first kappa shape index (κ1) is 19.6. The monoisotopic (exact) mass is 400 g/mol. The molecule has 2 aromatic heterocycles. The van der Waals surface area contributed by atoms with Crippen LogP contribution in [0.4, 0.5) is 19.0 Å². The molecule has 0 aromatic carbocycles. The van der Waals surface area contributed by atoms with Gasteiger partial charge in [-0.15, -0.1) is 11.3 Å². The van der Waals surface area contributed by atoms with E-state index in [0.717, 1.165) is 30.2 Å². The Morgan fingerprint density at radius 3 is 2.63 bits per heavy atom. The van der Waals surface area contributed by atoms with Crippen molar-refractivity contribution in [3.8, 4) is 0 Å². The van der Waals surface area contributed by atoms with Crippen molar-refractivity contribution < 1.29 is 27.8 Å². The van der Waals surface area contributed by atoms with E-state index in [9.17, 15) is 18.0 Å². The minimum Gasteiger partial charge on any atom is -0.344 e. The number of carbonyl (C=O) groups excluding carboxylic acids is 1. The summed E-state index contributed by atoms with van der Waals surface area (Å²) in [6.45, 7) is 5.26. The summed E-state index contributed by atoms with van der Waals surface area (Å²) in [5.74, 6) is 0.679. The number of amides is 1. The van der Waals surface area contributed by atoms with Gasteiger partial charge in [-0.1, -0.05) is 6.07 Å². The van der Waals surface area contributed by atoms with E-state index in [1.54, 1.807) is 11.3 Å². The van der Waals surface area contributed by atoms with E-state index in [2.05, 4.69) is 10.3 Å². The molecule has 3 N–H and O–H groups in total. The first-order chi connectivity index (χ1) is 12.8. The third kappa shape index (κ3) is 5.20. The summed E-state index contributed by atoms with van der Waals surface area (Å²) >= 11 is 1.62. The molecule has 1 saturated heterocycles. The van der Waals surface area contributed by atoms with Crippen LogP contribution in [0, 0.1) is 0 Å². The molecule has 0 spiro atoms. The second-order valence-electron chi connectivity index (χ2n) is 6.68. The average molecular weight is 400 g/mol. The van der Waals surface area contributed by atoms with Crippen molar-refractivity contribution in [2.45, 2.75) is 19.1 Å². The Morgan fingerprint density at radius 1 is 1.33 bits per heavy atom. The van der Waals surface area contributed by atoms with Gasteiger partial charge in [0.15, 0.2) is 6.54 Å². The van der Waals surface area contributed by atoms with Crippen LogP contribution in [0.2, 0.25) is 0 Å². The SMILES string of the molecule is C[C@H](NC(=O)C[NH+]1CCN(c2ccc(C(F)(F)F)c[nH+]2)CC1)c1cccs1. The predicted molar refractivity (Wildman–Crippen MR) is 96.7 cm³/mol. The van der Waals surface area contributed by atoms with Crippen LogP contribution in [0.5, 0.6) is 0 Å². The highest BCUT2D eigenvalue weighted by atomic mass is 32.1. The Morgan fingerprint density at radius 2 is 2.07 bits per heavy atom. The zero-order valence-corrected chi connectivity index (χ0v) is 15.8. The van der Waals surface area contributed by atoms with E-state index in [-0.39, 0.29) is 11.9 Å². The molecule has 3 heterocycles. The largest absolute Gasteiger partial charge is 0.419 e. The highest BCUT2D eigenvalue weighted by Crippen LogP contribution is 2.28. The van der Waals surface area contributed by atoms with E-state index in [1.807, 2.05) is 29.3 Å². The van der Waals surface area contributed by atoms with Gasteiger partial charge in [0.05, 0.1) is 11.6 Å². The minimum atomic E-state index is -4.34. The van der Waals surface area contributed by atoms with Crippen molar-refractivity contribution in [1.29, 1.82) is 0 Å². The zero-order chi connectivity index (χ0) is 19.4. The van der Waals surface area contributed by atoms with Gasteiger partial charge < -0.3 is 10.2 Å². The fraction of sp³-hybridized carbons (Fsp3) is 0.444. The fourth-order valence-corrected chi connectivity index (χ4v) is 3.89. The number of pyridine rings is 1. The Labute approximate surface area is 159 Å². The van der Waals surface area contributed by atoms with E-state index in [0.29, 0.717) is 25.5 Å². The van der Waals surface area contributed by atoms with Gasteiger partial charge in [0.25, 0.3) is 11.7 Å². The van der Waals surface area contributed by atoms with E-state index >= 15 is 0 Å². The number of aromatic nitrogens is 1. The van der Waals surface area contributed by atoms with E-state index in [1.165, 1.54) is 11.0 Å². The van der Waals surface area contributed by atoms with E-state index < -0.39 is 11.7 Å². The first-order valence-electron chi connectivity index (χ1n) is 8.83. The summed E-state index contributed by atoms with van der Waals surface area (Å²) in [7, 11) is 0. The summed E-state index contributed by atoms with van der Waals surface area (Å²) in [5.41, 5.74) is -0.688. The number of H-pyrrole nitrogens is 1. The molecule has 3 rings (SSSR count). The maximum Gasteiger partial charge on any atom is 0.419 e. The second kappa shape index (κ2) is 8.26. The van der Waals surface area contributed by atoms with Gasteiger partial charge >= 0.3 is 6.18 Å². The van der Waals surface area contributed by atoms with Gasteiger partial charge in [0.2, 0.25) is 0 Å². The number of quaternary nitrogens is 1. The molecule has 1 aliphatic rings. The number of alkyl halides is 3. The Hall–Kier alpha value is -2.13. The van der Waals surface area contributed by atoms with Gasteiger partial charge in [-0.2, -0.15) is 13.2 Å². The molecule has 1 atom stereocenters. The van der Waals surface area contributed by atoms with Crippen molar-refractivity contribution in [1.82, 2.24) is 5.32 Å². The van der Waals surface area contributed by atoms with Gasteiger partial charge in [0.1, 0.15) is 32.4 Å². The van der Waals surface area contributed by atoms with Crippen LogP contribution in [-0.2, 0) is 11.0 Å². The molecule has 9 heteroatoms. The number of thiophene rings is 1. The lowest BCUT2D eigenvalue weighted by molar-refractivity contribution is -0.892. The third-order valence-electron chi connectivity index (χ3n) is 4.69. The molecule has 0 radical (unpaired) electrons. The maximum absolute atomic E-state index is 12.6. The van der Waals surface area contributed by atoms with Gasteiger partial charge in [-0.3, -0.25) is 9.69 Å². The molecular weight excluding hydrogens is 377 g/mol. The van der Waals surface area contributed by atoms with Gasteiger partial charge in [-0.05, 0) is 24.4 Å².